The van der Waals surface area contributed by atoms with E-state index in [-0.39, 0.29) is 29.6 Å². The largest absolute Gasteiger partial charge is 0.353 e. The Hall–Kier alpha value is -4.84. The van der Waals surface area contributed by atoms with Crippen molar-refractivity contribution in [3.63, 3.8) is 0 Å². The number of nitriles is 1. The van der Waals surface area contributed by atoms with Gasteiger partial charge in [-0.05, 0) is 37.0 Å². The molecule has 0 saturated carbocycles. The molecule has 6 rings (SSSR count). The van der Waals surface area contributed by atoms with Crippen LogP contribution < -0.4 is 4.90 Å². The van der Waals surface area contributed by atoms with E-state index in [4.69, 9.17) is 5.26 Å². The van der Waals surface area contributed by atoms with Gasteiger partial charge in [0.05, 0.1) is 22.9 Å². The van der Waals surface area contributed by atoms with Crippen LogP contribution in [-0.4, -0.2) is 62.2 Å². The number of hydrogen-bond acceptors (Lipinski definition) is 7. The van der Waals surface area contributed by atoms with Gasteiger partial charge in [0.1, 0.15) is 18.6 Å². The molecule has 2 aliphatic heterocycles. The molecule has 2 aliphatic rings. The third-order valence-electron chi connectivity index (χ3n) is 8.77. The monoisotopic (exact) mass is 546 g/mol. The second-order valence-electron chi connectivity index (χ2n) is 11.0. The maximum absolute atomic E-state index is 13.7. The first-order valence-electron chi connectivity index (χ1n) is 13.8. The molecule has 9 heteroatoms. The maximum Gasteiger partial charge on any atom is 0.239 e. The number of benzene rings is 2. The first-order valence-corrected chi connectivity index (χ1v) is 13.8. The molecule has 206 valence electrons. The number of amides is 1. The number of likely N-dealkylation sites (tertiary alicyclic amines) is 1. The van der Waals surface area contributed by atoms with Gasteiger partial charge in [-0.1, -0.05) is 55.5 Å². The van der Waals surface area contributed by atoms with Crippen LogP contribution in [0.1, 0.15) is 58.9 Å². The Morgan fingerprint density at radius 1 is 1.07 bits per heavy atom. The molecular weight excluding hydrogens is 516 g/mol. The van der Waals surface area contributed by atoms with Crippen LogP contribution in [0.3, 0.4) is 0 Å². The van der Waals surface area contributed by atoms with Crippen LogP contribution in [0, 0.1) is 17.2 Å². The minimum absolute atomic E-state index is 0.0899. The van der Waals surface area contributed by atoms with Crippen LogP contribution in [0.2, 0.25) is 0 Å². The van der Waals surface area contributed by atoms with Gasteiger partial charge in [-0.2, -0.15) is 5.26 Å². The fourth-order valence-electron chi connectivity index (χ4n) is 6.34. The number of aromatic nitrogens is 3. The smallest absolute Gasteiger partial charge is 0.239 e. The highest BCUT2D eigenvalue weighted by molar-refractivity contribution is 6.09. The van der Waals surface area contributed by atoms with Gasteiger partial charge in [0, 0.05) is 37.0 Å². The van der Waals surface area contributed by atoms with Gasteiger partial charge >= 0.3 is 0 Å². The molecule has 2 aromatic carbocycles. The second-order valence-corrected chi connectivity index (χ2v) is 11.0. The second kappa shape index (κ2) is 10.3. The molecule has 0 radical (unpaired) electrons. The Bertz CT molecular complexity index is 1710. The lowest BCUT2D eigenvalue weighted by Gasteiger charge is -2.55. The van der Waals surface area contributed by atoms with Gasteiger partial charge in [-0.3, -0.25) is 19.0 Å². The van der Waals surface area contributed by atoms with E-state index in [1.54, 1.807) is 41.1 Å². The number of carbonyl (C=O) groups is 3. The molecule has 41 heavy (non-hydrogen) atoms. The summed E-state index contributed by atoms with van der Waals surface area (Å²) in [7, 11) is 0. The standard InChI is InChI=1S/C32H30N6O3/c1-21-18-38(27(39)11-14-33)32(21)13-16-36(19-32)29-26-12-15-37(30(26)35-20-34-29)31(41)22(2)24-9-6-10-25(17-24)28(40)23-7-4-3-5-8-23/h3-10,12,15,17,20-22H,11,13,16,18-19H2,1-2H3/t21-,22?,32-/m0/s1. The molecule has 2 saturated heterocycles. The predicted molar refractivity (Wildman–Crippen MR) is 154 cm³/mol. The fourth-order valence-corrected chi connectivity index (χ4v) is 6.34. The summed E-state index contributed by atoms with van der Waals surface area (Å²) in [6.07, 6.45) is 3.88. The molecule has 4 aromatic rings. The molecule has 2 aromatic heterocycles. The highest BCUT2D eigenvalue weighted by Gasteiger charge is 2.56. The van der Waals surface area contributed by atoms with E-state index >= 15 is 0 Å². The van der Waals surface area contributed by atoms with Crippen molar-refractivity contribution < 1.29 is 14.4 Å². The van der Waals surface area contributed by atoms with E-state index in [0.29, 0.717) is 42.3 Å². The predicted octanol–water partition coefficient (Wildman–Crippen LogP) is 4.45. The van der Waals surface area contributed by atoms with Crippen LogP contribution >= 0.6 is 0 Å². The molecule has 9 nitrogen and oxygen atoms in total. The average Bonchev–Trinajstić information content (AvgIpc) is 3.66. The van der Waals surface area contributed by atoms with Crippen LogP contribution in [0.25, 0.3) is 11.0 Å². The molecule has 1 spiro atoms. The van der Waals surface area contributed by atoms with Crippen molar-refractivity contribution in [3.05, 3.63) is 89.9 Å². The van der Waals surface area contributed by atoms with Crippen molar-refractivity contribution in [1.82, 2.24) is 19.4 Å². The van der Waals surface area contributed by atoms with E-state index in [2.05, 4.69) is 21.8 Å². The van der Waals surface area contributed by atoms with Gasteiger partial charge < -0.3 is 9.80 Å². The van der Waals surface area contributed by atoms with Gasteiger partial charge in [0.2, 0.25) is 11.8 Å². The van der Waals surface area contributed by atoms with Crippen molar-refractivity contribution in [3.8, 4) is 6.07 Å². The van der Waals surface area contributed by atoms with E-state index in [9.17, 15) is 14.4 Å². The van der Waals surface area contributed by atoms with Crippen LogP contribution in [0.5, 0.6) is 0 Å². The van der Waals surface area contributed by atoms with Crippen molar-refractivity contribution >= 4 is 34.4 Å². The van der Waals surface area contributed by atoms with E-state index in [0.717, 1.165) is 23.2 Å². The summed E-state index contributed by atoms with van der Waals surface area (Å²) in [4.78, 5) is 52.3. The highest BCUT2D eigenvalue weighted by atomic mass is 16.2. The lowest BCUT2D eigenvalue weighted by Crippen LogP contribution is -2.69. The number of hydrogen-bond donors (Lipinski definition) is 0. The molecule has 0 N–H and O–H groups in total. The Balaban J connectivity index is 1.25. The average molecular weight is 547 g/mol. The Morgan fingerprint density at radius 2 is 1.85 bits per heavy atom. The molecule has 1 amide bonds. The first kappa shape index (κ1) is 26.4. The molecular formula is C32H30N6O3. The van der Waals surface area contributed by atoms with Crippen LogP contribution in [0.15, 0.2) is 73.2 Å². The van der Waals surface area contributed by atoms with Crippen molar-refractivity contribution in [2.45, 2.75) is 38.1 Å². The Morgan fingerprint density at radius 3 is 2.61 bits per heavy atom. The fraction of sp³-hybridized carbons (Fsp3) is 0.312. The van der Waals surface area contributed by atoms with Gasteiger partial charge in [0.15, 0.2) is 11.4 Å². The van der Waals surface area contributed by atoms with Crippen LogP contribution in [-0.2, 0) is 4.79 Å². The topological polar surface area (TPSA) is 112 Å². The normalized spacial score (nSPS) is 20.6. The summed E-state index contributed by atoms with van der Waals surface area (Å²) in [5.74, 6) is 0.164. The number of anilines is 1. The van der Waals surface area contributed by atoms with Gasteiger partial charge in [-0.15, -0.1) is 0 Å². The maximum atomic E-state index is 13.7. The van der Waals surface area contributed by atoms with Crippen LogP contribution in [0.4, 0.5) is 5.82 Å². The first-order chi connectivity index (χ1) is 19.8. The Kier molecular flexibility index (Phi) is 6.62. The molecule has 1 unspecified atom stereocenters. The summed E-state index contributed by atoms with van der Waals surface area (Å²) >= 11 is 0. The third kappa shape index (κ3) is 4.36. The molecule has 3 atom stereocenters. The van der Waals surface area contributed by atoms with E-state index in [1.807, 2.05) is 48.2 Å². The Labute approximate surface area is 238 Å². The lowest BCUT2D eigenvalue weighted by molar-refractivity contribution is -0.152. The van der Waals surface area contributed by atoms with Gasteiger partial charge in [-0.25, -0.2) is 9.97 Å². The van der Waals surface area contributed by atoms with E-state index in [1.165, 1.54) is 6.33 Å². The third-order valence-corrected chi connectivity index (χ3v) is 8.77. The molecule has 0 bridgehead atoms. The van der Waals surface area contributed by atoms with Crippen molar-refractivity contribution in [1.29, 1.82) is 5.26 Å². The highest BCUT2D eigenvalue weighted by Crippen LogP contribution is 2.45. The molecule has 0 aliphatic carbocycles. The zero-order chi connectivity index (χ0) is 28.7. The minimum atomic E-state index is -0.516. The minimum Gasteiger partial charge on any atom is -0.353 e. The summed E-state index contributed by atoms with van der Waals surface area (Å²) in [6.45, 7) is 5.97. The molecule has 2 fully saturated rings. The van der Waals surface area contributed by atoms with Crippen molar-refractivity contribution in [2.75, 3.05) is 24.5 Å². The summed E-state index contributed by atoms with van der Waals surface area (Å²) in [5.41, 5.74) is 2.09. The summed E-state index contributed by atoms with van der Waals surface area (Å²) in [6, 6.07) is 20.1. The number of ketones is 1. The molecule has 4 heterocycles. The summed E-state index contributed by atoms with van der Waals surface area (Å²) < 4.78 is 1.55. The zero-order valence-corrected chi connectivity index (χ0v) is 23.0. The number of rotatable bonds is 6. The van der Waals surface area contributed by atoms with Gasteiger partial charge in [0.25, 0.3) is 0 Å². The lowest BCUT2D eigenvalue weighted by atomic mass is 9.74. The quantitative estimate of drug-likeness (QED) is 0.329. The van der Waals surface area contributed by atoms with E-state index < -0.39 is 5.92 Å². The zero-order valence-electron chi connectivity index (χ0n) is 23.0. The SMILES string of the molecule is CC(C(=O)n1ccc2c(N3CC[C@]4(C3)[C@@H](C)CN4C(=O)CC#N)ncnc21)c1cccc(C(=O)c2ccccc2)c1. The number of carbonyl (C=O) groups excluding carboxylic acids is 3. The number of nitrogens with zero attached hydrogens (tertiary/aromatic N) is 6. The summed E-state index contributed by atoms with van der Waals surface area (Å²) in [5, 5.41) is 9.79. The van der Waals surface area contributed by atoms with Crippen molar-refractivity contribution in [2.24, 2.45) is 5.92 Å². The number of fused-ring (bicyclic) bond motifs is 1.